The van der Waals surface area contributed by atoms with Crippen molar-refractivity contribution < 1.29 is 19.0 Å². The summed E-state index contributed by atoms with van der Waals surface area (Å²) in [5, 5.41) is 19.8. The lowest BCUT2D eigenvalue weighted by molar-refractivity contribution is 0.0750. The maximum Gasteiger partial charge on any atom is 0.128 e. The SMILES string of the molecule is OCCN(CC1CCC1)C(c1ccccc1F)C(CO)c1ccccc1F. The van der Waals surface area contributed by atoms with E-state index in [0.717, 1.165) is 12.8 Å². The van der Waals surface area contributed by atoms with Crippen LogP contribution >= 0.6 is 0 Å². The van der Waals surface area contributed by atoms with Crippen molar-refractivity contribution in [1.82, 2.24) is 4.90 Å². The number of aliphatic hydroxyl groups is 2. The predicted octanol–water partition coefficient (Wildman–Crippen LogP) is 3.88. The Balaban J connectivity index is 2.04. The van der Waals surface area contributed by atoms with Crippen LogP contribution in [0.4, 0.5) is 8.78 Å². The molecule has 2 aromatic rings. The van der Waals surface area contributed by atoms with E-state index in [2.05, 4.69) is 0 Å². The van der Waals surface area contributed by atoms with Crippen LogP contribution in [0.5, 0.6) is 0 Å². The molecule has 3 nitrogen and oxygen atoms in total. The Hall–Kier alpha value is -1.82. The Morgan fingerprint density at radius 1 is 0.926 bits per heavy atom. The van der Waals surface area contributed by atoms with E-state index < -0.39 is 17.8 Å². The molecule has 0 aliphatic heterocycles. The second-order valence-corrected chi connectivity index (χ2v) is 7.29. The average molecular weight is 375 g/mol. The normalized spacial score (nSPS) is 16.9. The smallest absolute Gasteiger partial charge is 0.128 e. The molecule has 146 valence electrons. The third-order valence-corrected chi connectivity index (χ3v) is 5.60. The quantitative estimate of drug-likeness (QED) is 0.699. The van der Waals surface area contributed by atoms with Crippen molar-refractivity contribution in [2.24, 2.45) is 5.92 Å². The number of rotatable bonds is 9. The number of aliphatic hydroxyl groups excluding tert-OH is 2. The number of hydrogen-bond acceptors (Lipinski definition) is 3. The molecule has 2 N–H and O–H groups in total. The number of benzene rings is 2. The van der Waals surface area contributed by atoms with E-state index in [1.165, 1.54) is 18.6 Å². The molecular formula is C22H27F2NO2. The van der Waals surface area contributed by atoms with Gasteiger partial charge in [0.25, 0.3) is 0 Å². The van der Waals surface area contributed by atoms with Crippen LogP contribution in [0.3, 0.4) is 0 Å². The van der Waals surface area contributed by atoms with Gasteiger partial charge in [0.2, 0.25) is 0 Å². The van der Waals surface area contributed by atoms with Crippen LogP contribution in [0, 0.1) is 17.6 Å². The largest absolute Gasteiger partial charge is 0.396 e. The number of halogens is 2. The van der Waals surface area contributed by atoms with Crippen molar-refractivity contribution in [3.63, 3.8) is 0 Å². The van der Waals surface area contributed by atoms with Crippen LogP contribution in [-0.4, -0.2) is 41.4 Å². The van der Waals surface area contributed by atoms with Gasteiger partial charge in [-0.25, -0.2) is 8.78 Å². The molecule has 0 bridgehead atoms. The van der Waals surface area contributed by atoms with E-state index in [1.807, 2.05) is 4.90 Å². The molecule has 0 amide bonds. The third kappa shape index (κ3) is 4.54. The summed E-state index contributed by atoms with van der Waals surface area (Å²) in [6, 6.07) is 12.2. The zero-order chi connectivity index (χ0) is 19.2. The highest BCUT2D eigenvalue weighted by molar-refractivity contribution is 5.30. The molecule has 1 aliphatic rings. The Labute approximate surface area is 159 Å². The summed E-state index contributed by atoms with van der Waals surface area (Å²) in [6.45, 7) is 0.657. The van der Waals surface area contributed by atoms with E-state index in [-0.39, 0.29) is 19.0 Å². The van der Waals surface area contributed by atoms with Gasteiger partial charge >= 0.3 is 0 Å². The van der Waals surface area contributed by atoms with Gasteiger partial charge in [-0.2, -0.15) is 0 Å². The van der Waals surface area contributed by atoms with Crippen molar-refractivity contribution in [3.05, 3.63) is 71.3 Å². The number of nitrogens with zero attached hydrogens (tertiary/aromatic N) is 1. The first-order chi connectivity index (χ1) is 13.2. The molecule has 2 aromatic carbocycles. The van der Waals surface area contributed by atoms with E-state index in [1.54, 1.807) is 36.4 Å². The minimum absolute atomic E-state index is 0.0763. The Morgan fingerprint density at radius 2 is 1.52 bits per heavy atom. The monoisotopic (exact) mass is 375 g/mol. The van der Waals surface area contributed by atoms with Gasteiger partial charge in [0, 0.05) is 30.6 Å². The fraction of sp³-hybridized carbons (Fsp3) is 0.455. The molecule has 5 heteroatoms. The molecule has 2 atom stereocenters. The molecule has 3 rings (SSSR count). The lowest BCUT2D eigenvalue weighted by Crippen LogP contribution is -2.41. The minimum Gasteiger partial charge on any atom is -0.396 e. The molecule has 2 unspecified atom stereocenters. The lowest BCUT2D eigenvalue weighted by Gasteiger charge is -2.40. The molecule has 0 spiro atoms. The van der Waals surface area contributed by atoms with E-state index in [9.17, 15) is 19.0 Å². The highest BCUT2D eigenvalue weighted by Crippen LogP contribution is 2.40. The van der Waals surface area contributed by atoms with Gasteiger partial charge in [-0.3, -0.25) is 4.90 Å². The van der Waals surface area contributed by atoms with Crippen LogP contribution in [0.25, 0.3) is 0 Å². The summed E-state index contributed by atoms with van der Waals surface area (Å²) in [4.78, 5) is 2.01. The zero-order valence-corrected chi connectivity index (χ0v) is 15.4. The van der Waals surface area contributed by atoms with E-state index in [4.69, 9.17) is 0 Å². The maximum atomic E-state index is 14.7. The van der Waals surface area contributed by atoms with Crippen LogP contribution in [-0.2, 0) is 0 Å². The van der Waals surface area contributed by atoms with Gasteiger partial charge < -0.3 is 10.2 Å². The Kier molecular flexibility index (Phi) is 6.94. The standard InChI is InChI=1S/C22H27F2NO2/c23-20-10-3-1-8-17(20)19(15-27)22(18-9-2-4-11-21(18)24)25(12-13-26)14-16-6-5-7-16/h1-4,8-11,16,19,22,26-27H,5-7,12-15H2. The highest BCUT2D eigenvalue weighted by Gasteiger charge is 2.35. The van der Waals surface area contributed by atoms with Gasteiger partial charge in [0.05, 0.1) is 13.2 Å². The molecule has 1 aliphatic carbocycles. The summed E-state index contributed by atoms with van der Waals surface area (Å²) in [6.07, 6.45) is 3.39. The fourth-order valence-corrected chi connectivity index (χ4v) is 4.01. The van der Waals surface area contributed by atoms with Crippen LogP contribution in [0.2, 0.25) is 0 Å². The summed E-state index contributed by atoms with van der Waals surface area (Å²) < 4.78 is 29.2. The molecule has 1 saturated carbocycles. The van der Waals surface area contributed by atoms with Crippen molar-refractivity contribution in [2.75, 3.05) is 26.3 Å². The Bertz CT molecular complexity index is 736. The van der Waals surface area contributed by atoms with Crippen LogP contribution < -0.4 is 0 Å². The summed E-state index contributed by atoms with van der Waals surface area (Å²) in [5.41, 5.74) is 0.789. The average Bonchev–Trinajstić information content (AvgIpc) is 2.64. The zero-order valence-electron chi connectivity index (χ0n) is 15.4. The van der Waals surface area contributed by atoms with Crippen molar-refractivity contribution in [1.29, 1.82) is 0 Å². The van der Waals surface area contributed by atoms with Crippen LogP contribution in [0.15, 0.2) is 48.5 Å². The molecule has 0 radical (unpaired) electrons. The van der Waals surface area contributed by atoms with E-state index in [0.29, 0.717) is 30.1 Å². The lowest BCUT2D eigenvalue weighted by atomic mass is 9.82. The van der Waals surface area contributed by atoms with Crippen molar-refractivity contribution >= 4 is 0 Å². The summed E-state index contributed by atoms with van der Waals surface area (Å²) in [5.74, 6) is -0.931. The van der Waals surface area contributed by atoms with E-state index >= 15 is 0 Å². The van der Waals surface area contributed by atoms with Crippen molar-refractivity contribution in [3.8, 4) is 0 Å². The second kappa shape index (κ2) is 9.40. The Morgan fingerprint density at radius 3 is 2.00 bits per heavy atom. The molecule has 1 fully saturated rings. The number of hydrogen-bond donors (Lipinski definition) is 2. The van der Waals surface area contributed by atoms with Gasteiger partial charge in [0.1, 0.15) is 11.6 Å². The van der Waals surface area contributed by atoms with Crippen LogP contribution in [0.1, 0.15) is 42.3 Å². The van der Waals surface area contributed by atoms with Gasteiger partial charge in [-0.1, -0.05) is 42.8 Å². The molecule has 27 heavy (non-hydrogen) atoms. The first kappa shape index (κ1) is 19.9. The van der Waals surface area contributed by atoms with Crippen molar-refractivity contribution in [2.45, 2.75) is 31.2 Å². The van der Waals surface area contributed by atoms with Gasteiger partial charge in [0.15, 0.2) is 0 Å². The molecule has 0 saturated heterocycles. The third-order valence-electron chi connectivity index (χ3n) is 5.60. The first-order valence-corrected chi connectivity index (χ1v) is 9.60. The second-order valence-electron chi connectivity index (χ2n) is 7.29. The molecular weight excluding hydrogens is 348 g/mol. The first-order valence-electron chi connectivity index (χ1n) is 9.60. The minimum atomic E-state index is -0.630. The predicted molar refractivity (Wildman–Crippen MR) is 101 cm³/mol. The summed E-state index contributed by atoms with van der Waals surface area (Å²) >= 11 is 0. The molecule has 0 aromatic heterocycles. The summed E-state index contributed by atoms with van der Waals surface area (Å²) in [7, 11) is 0. The fourth-order valence-electron chi connectivity index (χ4n) is 4.01. The highest BCUT2D eigenvalue weighted by atomic mass is 19.1. The maximum absolute atomic E-state index is 14.7. The van der Waals surface area contributed by atoms with Gasteiger partial charge in [-0.15, -0.1) is 0 Å². The van der Waals surface area contributed by atoms with Gasteiger partial charge in [-0.05, 0) is 36.5 Å². The topological polar surface area (TPSA) is 43.7 Å². The molecule has 0 heterocycles.